The first-order valence-corrected chi connectivity index (χ1v) is 11.2. The Bertz CT molecular complexity index is 984. The Balaban J connectivity index is 1.61. The third-order valence-electron chi connectivity index (χ3n) is 5.30. The molecule has 0 N–H and O–H groups in total. The molecule has 0 spiro atoms. The van der Waals surface area contributed by atoms with Crippen LogP contribution >= 0.6 is 11.8 Å². The van der Waals surface area contributed by atoms with E-state index in [9.17, 15) is 9.18 Å². The zero-order valence-corrected chi connectivity index (χ0v) is 17.8. The second kappa shape index (κ2) is 9.43. The Labute approximate surface area is 180 Å². The van der Waals surface area contributed by atoms with E-state index in [0.717, 1.165) is 37.1 Å². The maximum atomic E-state index is 13.4. The summed E-state index contributed by atoms with van der Waals surface area (Å²) >= 11 is 1.43. The van der Waals surface area contributed by atoms with Crippen molar-refractivity contribution < 1.29 is 9.18 Å². The third kappa shape index (κ3) is 4.73. The van der Waals surface area contributed by atoms with E-state index in [-0.39, 0.29) is 17.0 Å². The Hall–Kier alpha value is -2.67. The molecule has 0 saturated carbocycles. The monoisotopic (exact) mass is 424 g/mol. The van der Waals surface area contributed by atoms with Gasteiger partial charge in [-0.25, -0.2) is 4.39 Å². The van der Waals surface area contributed by atoms with Crippen molar-refractivity contribution >= 4 is 17.7 Å². The lowest BCUT2D eigenvalue weighted by Crippen LogP contribution is -2.40. The maximum Gasteiger partial charge on any atom is 0.235 e. The summed E-state index contributed by atoms with van der Waals surface area (Å²) in [5, 5.41) is 9.22. The van der Waals surface area contributed by atoms with Crippen LogP contribution in [-0.2, 0) is 11.3 Å². The normalized spacial score (nSPS) is 15.2. The Kier molecular flexibility index (Phi) is 6.47. The van der Waals surface area contributed by atoms with Crippen molar-refractivity contribution in [2.24, 2.45) is 0 Å². The highest BCUT2D eigenvalue weighted by atomic mass is 32.2. The van der Waals surface area contributed by atoms with Gasteiger partial charge >= 0.3 is 0 Å². The molecule has 1 aliphatic rings. The maximum absolute atomic E-state index is 13.4. The smallest absolute Gasteiger partial charge is 0.235 e. The molecule has 1 saturated heterocycles. The molecule has 2 heterocycles. The van der Waals surface area contributed by atoms with E-state index in [1.165, 1.54) is 30.3 Å². The van der Waals surface area contributed by atoms with Gasteiger partial charge in [-0.05, 0) is 56.0 Å². The molecule has 30 heavy (non-hydrogen) atoms. The summed E-state index contributed by atoms with van der Waals surface area (Å²) in [7, 11) is 0. The molecule has 1 aromatic heterocycles. The minimum atomic E-state index is -0.289. The summed E-state index contributed by atoms with van der Waals surface area (Å²) in [6.45, 7) is 4.18. The molecule has 7 heteroatoms. The number of piperidine rings is 1. The van der Waals surface area contributed by atoms with Crippen molar-refractivity contribution in [3.8, 4) is 11.4 Å². The molecule has 1 amide bonds. The van der Waals surface area contributed by atoms with Gasteiger partial charge in [-0.3, -0.25) is 9.36 Å². The van der Waals surface area contributed by atoms with Gasteiger partial charge in [0.1, 0.15) is 5.82 Å². The topological polar surface area (TPSA) is 51.0 Å². The highest BCUT2D eigenvalue weighted by Gasteiger charge is 2.25. The molecular weight excluding hydrogens is 399 g/mol. The predicted octanol–water partition coefficient (Wildman–Crippen LogP) is 4.63. The van der Waals surface area contributed by atoms with Crippen LogP contribution in [0.4, 0.5) is 4.39 Å². The standard InChI is InChI=1S/C23H25FN4OS/c1-17(22(29)27-14-6-3-7-15-27)30-23-26-25-21(19-10-12-20(24)13-11-19)28(23)16-18-8-4-2-5-9-18/h2,4-5,8-13,17H,3,6-7,14-16H2,1H3/t17-/m1/s1. The number of aromatic nitrogens is 3. The van der Waals surface area contributed by atoms with E-state index in [1.807, 2.05) is 46.7 Å². The summed E-state index contributed by atoms with van der Waals surface area (Å²) in [5.74, 6) is 0.527. The van der Waals surface area contributed by atoms with E-state index in [1.54, 1.807) is 12.1 Å². The zero-order chi connectivity index (χ0) is 20.9. The van der Waals surface area contributed by atoms with E-state index >= 15 is 0 Å². The van der Waals surface area contributed by atoms with Crippen molar-refractivity contribution in [2.75, 3.05) is 13.1 Å². The first-order valence-electron chi connectivity index (χ1n) is 10.3. The number of nitrogens with zero attached hydrogens (tertiary/aromatic N) is 4. The number of carbonyl (C=O) groups excluding carboxylic acids is 1. The van der Waals surface area contributed by atoms with Crippen LogP contribution in [0.5, 0.6) is 0 Å². The molecule has 0 unspecified atom stereocenters. The SMILES string of the molecule is C[C@@H](Sc1nnc(-c2ccc(F)cc2)n1Cc1ccccc1)C(=O)N1CCCCC1. The van der Waals surface area contributed by atoms with Crippen LogP contribution in [0.3, 0.4) is 0 Å². The fourth-order valence-corrected chi connectivity index (χ4v) is 4.61. The van der Waals surface area contributed by atoms with Gasteiger partial charge in [0.25, 0.3) is 0 Å². The molecule has 5 nitrogen and oxygen atoms in total. The second-order valence-corrected chi connectivity index (χ2v) is 8.84. The summed E-state index contributed by atoms with van der Waals surface area (Å²) in [6.07, 6.45) is 3.34. The first kappa shape index (κ1) is 20.6. The zero-order valence-electron chi connectivity index (χ0n) is 17.0. The number of carbonyl (C=O) groups is 1. The molecule has 2 aromatic carbocycles. The molecule has 1 fully saturated rings. The van der Waals surface area contributed by atoms with Crippen molar-refractivity contribution in [2.45, 2.75) is 43.1 Å². The van der Waals surface area contributed by atoms with Crippen molar-refractivity contribution in [1.29, 1.82) is 0 Å². The second-order valence-electron chi connectivity index (χ2n) is 7.53. The van der Waals surface area contributed by atoms with E-state index in [0.29, 0.717) is 17.5 Å². The quantitative estimate of drug-likeness (QED) is 0.542. The van der Waals surface area contributed by atoms with Gasteiger partial charge in [0, 0.05) is 18.7 Å². The fourth-order valence-electron chi connectivity index (χ4n) is 3.68. The summed E-state index contributed by atoms with van der Waals surface area (Å²) in [6, 6.07) is 16.3. The van der Waals surface area contributed by atoms with Gasteiger partial charge in [0.15, 0.2) is 11.0 Å². The van der Waals surface area contributed by atoms with Crippen molar-refractivity contribution in [3.05, 3.63) is 66.0 Å². The number of benzene rings is 2. The van der Waals surface area contributed by atoms with Gasteiger partial charge < -0.3 is 4.90 Å². The molecule has 0 aliphatic carbocycles. The number of rotatable bonds is 6. The number of hydrogen-bond acceptors (Lipinski definition) is 4. The average Bonchev–Trinajstić information content (AvgIpc) is 3.17. The minimum absolute atomic E-state index is 0.150. The third-order valence-corrected chi connectivity index (χ3v) is 6.37. The van der Waals surface area contributed by atoms with E-state index < -0.39 is 0 Å². The van der Waals surface area contributed by atoms with Crippen molar-refractivity contribution in [3.63, 3.8) is 0 Å². The molecule has 3 aromatic rings. The van der Waals surface area contributed by atoms with Crippen LogP contribution in [-0.4, -0.2) is 43.9 Å². The van der Waals surface area contributed by atoms with Crippen LogP contribution in [0.25, 0.3) is 11.4 Å². The van der Waals surface area contributed by atoms with E-state index in [2.05, 4.69) is 10.2 Å². The van der Waals surface area contributed by atoms with Gasteiger partial charge in [-0.2, -0.15) is 0 Å². The van der Waals surface area contributed by atoms with Crippen LogP contribution < -0.4 is 0 Å². The minimum Gasteiger partial charge on any atom is -0.342 e. The van der Waals surface area contributed by atoms with Crippen LogP contribution in [0.1, 0.15) is 31.7 Å². The lowest BCUT2D eigenvalue weighted by Gasteiger charge is -2.28. The number of likely N-dealkylation sites (tertiary alicyclic amines) is 1. The summed E-state index contributed by atoms with van der Waals surface area (Å²) < 4.78 is 15.4. The first-order chi connectivity index (χ1) is 14.6. The van der Waals surface area contributed by atoms with E-state index in [4.69, 9.17) is 0 Å². The number of halogens is 1. The predicted molar refractivity (Wildman–Crippen MR) is 117 cm³/mol. The molecule has 0 radical (unpaired) electrons. The number of amides is 1. The van der Waals surface area contributed by atoms with Gasteiger partial charge in [0.2, 0.25) is 5.91 Å². The van der Waals surface area contributed by atoms with Crippen LogP contribution in [0, 0.1) is 5.82 Å². The van der Waals surface area contributed by atoms with Gasteiger partial charge in [0.05, 0.1) is 11.8 Å². The van der Waals surface area contributed by atoms with Crippen molar-refractivity contribution in [1.82, 2.24) is 19.7 Å². The Morgan fingerprint density at radius 2 is 1.73 bits per heavy atom. The molecule has 156 valence electrons. The highest BCUT2D eigenvalue weighted by Crippen LogP contribution is 2.29. The average molecular weight is 425 g/mol. The molecule has 1 aliphatic heterocycles. The van der Waals surface area contributed by atoms with Gasteiger partial charge in [-0.1, -0.05) is 42.1 Å². The molecule has 4 rings (SSSR count). The van der Waals surface area contributed by atoms with Crippen LogP contribution in [0.2, 0.25) is 0 Å². The highest BCUT2D eigenvalue weighted by molar-refractivity contribution is 8.00. The molecule has 1 atom stereocenters. The Morgan fingerprint density at radius 1 is 1.03 bits per heavy atom. The number of thioether (sulfide) groups is 1. The number of hydrogen-bond donors (Lipinski definition) is 0. The Morgan fingerprint density at radius 3 is 2.43 bits per heavy atom. The summed E-state index contributed by atoms with van der Waals surface area (Å²) in [5.41, 5.74) is 1.90. The fraction of sp³-hybridized carbons (Fsp3) is 0.348. The lowest BCUT2D eigenvalue weighted by molar-refractivity contribution is -0.131. The molecular formula is C23H25FN4OS. The largest absolute Gasteiger partial charge is 0.342 e. The molecule has 0 bridgehead atoms. The van der Waals surface area contributed by atoms with Gasteiger partial charge in [-0.15, -0.1) is 10.2 Å². The lowest BCUT2D eigenvalue weighted by atomic mass is 10.1. The summed E-state index contributed by atoms with van der Waals surface area (Å²) in [4.78, 5) is 14.9. The van der Waals surface area contributed by atoms with Crippen LogP contribution in [0.15, 0.2) is 59.8 Å².